The first-order valence-electron chi connectivity index (χ1n) is 11.5. The minimum absolute atomic E-state index is 0.134. The zero-order valence-electron chi connectivity index (χ0n) is 19.9. The molecule has 0 spiro atoms. The number of aromatic carboxylic acids is 1. The van der Waals surface area contributed by atoms with Gasteiger partial charge >= 0.3 is 5.97 Å². The summed E-state index contributed by atoms with van der Waals surface area (Å²) in [5.74, 6) is -0.677. The van der Waals surface area contributed by atoms with Gasteiger partial charge in [0.25, 0.3) is 0 Å². The van der Waals surface area contributed by atoms with Crippen molar-refractivity contribution >= 4 is 27.6 Å². The highest BCUT2D eigenvalue weighted by Crippen LogP contribution is 2.39. The number of carboxylic acids is 1. The number of halogens is 1. The Balaban J connectivity index is 1.51. The Morgan fingerprint density at radius 1 is 1.03 bits per heavy atom. The predicted octanol–water partition coefficient (Wildman–Crippen LogP) is 6.12. The molecule has 0 amide bonds. The summed E-state index contributed by atoms with van der Waals surface area (Å²) < 4.78 is 23.9. The predicted molar refractivity (Wildman–Crippen MR) is 135 cm³/mol. The van der Waals surface area contributed by atoms with Crippen LogP contribution in [0.4, 0.5) is 4.39 Å². The number of hydrogen-bond donors (Lipinski definition) is 1. The van der Waals surface area contributed by atoms with Crippen molar-refractivity contribution in [2.24, 2.45) is 7.05 Å². The summed E-state index contributed by atoms with van der Waals surface area (Å²) in [5, 5.41) is 17.4. The number of carboxylic acid groups (broad SMARTS) is 1. The molecule has 0 aliphatic heterocycles. The minimum atomic E-state index is -1.06. The van der Waals surface area contributed by atoms with Crippen LogP contribution in [0.2, 0.25) is 0 Å². The van der Waals surface area contributed by atoms with Gasteiger partial charge in [0.15, 0.2) is 0 Å². The van der Waals surface area contributed by atoms with Crippen LogP contribution in [0.1, 0.15) is 28.3 Å². The molecule has 0 aliphatic rings. The van der Waals surface area contributed by atoms with Crippen molar-refractivity contribution < 1.29 is 19.0 Å². The molecule has 0 fully saturated rings. The first kappa shape index (κ1) is 22.7. The van der Waals surface area contributed by atoms with Crippen molar-refractivity contribution in [1.29, 1.82) is 0 Å². The van der Waals surface area contributed by atoms with E-state index in [0.29, 0.717) is 41.7 Å². The number of ether oxygens (including phenoxy) is 1. The number of rotatable bonds is 7. The zero-order valence-corrected chi connectivity index (χ0v) is 19.9. The summed E-state index contributed by atoms with van der Waals surface area (Å²) in [4.78, 5) is 12.5. The van der Waals surface area contributed by atoms with E-state index in [1.54, 1.807) is 15.3 Å². The van der Waals surface area contributed by atoms with E-state index in [4.69, 9.17) is 4.74 Å². The Kier molecular flexibility index (Phi) is 5.76. The first-order chi connectivity index (χ1) is 16.9. The third kappa shape index (κ3) is 3.93. The Morgan fingerprint density at radius 2 is 1.80 bits per heavy atom. The highest BCUT2D eigenvalue weighted by Gasteiger charge is 2.27. The van der Waals surface area contributed by atoms with Gasteiger partial charge in [-0.3, -0.25) is 4.68 Å². The Morgan fingerprint density at radius 3 is 2.54 bits per heavy atom. The van der Waals surface area contributed by atoms with Crippen LogP contribution in [0.15, 0.2) is 60.7 Å². The third-order valence-electron chi connectivity index (χ3n) is 6.52. The monoisotopic (exact) mass is 471 g/mol. The topological polar surface area (TPSA) is 69.3 Å². The summed E-state index contributed by atoms with van der Waals surface area (Å²) in [6.45, 7) is 4.55. The fraction of sp³-hybridized carbons (Fsp3) is 0.214. The molecule has 0 saturated carbocycles. The summed E-state index contributed by atoms with van der Waals surface area (Å²) in [5.41, 5.74) is 3.57. The van der Waals surface area contributed by atoms with Crippen molar-refractivity contribution in [3.63, 3.8) is 0 Å². The van der Waals surface area contributed by atoms with Gasteiger partial charge in [0.05, 0.1) is 12.3 Å². The Labute approximate surface area is 202 Å². The number of fused-ring (bicyclic) bond motifs is 2. The molecule has 0 aliphatic carbocycles. The molecule has 5 rings (SSSR count). The Bertz CT molecular complexity index is 1580. The van der Waals surface area contributed by atoms with E-state index >= 15 is 0 Å². The lowest BCUT2D eigenvalue weighted by atomic mass is 10.00. The molecule has 2 aromatic heterocycles. The van der Waals surface area contributed by atoms with Crippen molar-refractivity contribution in [2.75, 3.05) is 6.61 Å². The van der Waals surface area contributed by atoms with E-state index in [9.17, 15) is 14.3 Å². The average molecular weight is 472 g/mol. The molecule has 1 N–H and O–H groups in total. The van der Waals surface area contributed by atoms with Crippen molar-refractivity contribution in [3.05, 3.63) is 83.6 Å². The molecule has 3 aromatic carbocycles. The summed E-state index contributed by atoms with van der Waals surface area (Å²) in [6, 6.07) is 18.4. The van der Waals surface area contributed by atoms with E-state index < -0.39 is 11.8 Å². The third-order valence-corrected chi connectivity index (χ3v) is 6.52. The second kappa shape index (κ2) is 8.91. The van der Waals surface area contributed by atoms with Crippen LogP contribution in [0.25, 0.3) is 32.8 Å². The molecule has 0 bridgehead atoms. The lowest BCUT2D eigenvalue weighted by molar-refractivity contribution is 0.0686. The standard InChI is InChI=1S/C28H26FN3O3/c1-17-25(18(2)31(3)30-17)26-22-16-20(29)12-13-23(22)32(27(26)28(33)34)14-7-15-35-24-11-6-9-19-8-4-5-10-21(19)24/h4-6,8-13,16H,7,14-15H2,1-3H3,(H,33,34). The molecule has 2 heterocycles. The quantitative estimate of drug-likeness (QED) is 0.291. The number of aryl methyl sites for hydroxylation is 3. The van der Waals surface area contributed by atoms with Crippen LogP contribution in [0, 0.1) is 19.7 Å². The number of carbonyl (C=O) groups is 1. The lowest BCUT2D eigenvalue weighted by Gasteiger charge is -2.12. The van der Waals surface area contributed by atoms with Crippen LogP contribution in [-0.2, 0) is 13.6 Å². The fourth-order valence-electron chi connectivity index (χ4n) is 4.90. The van der Waals surface area contributed by atoms with E-state index in [0.717, 1.165) is 27.8 Å². The molecular formula is C28H26FN3O3. The SMILES string of the molecule is Cc1nn(C)c(C)c1-c1c(C(=O)O)n(CCCOc2cccc3ccccc23)c2ccc(F)cc12. The highest BCUT2D eigenvalue weighted by molar-refractivity contribution is 6.09. The minimum Gasteiger partial charge on any atom is -0.493 e. The molecule has 35 heavy (non-hydrogen) atoms. The average Bonchev–Trinajstić information content (AvgIpc) is 3.28. The van der Waals surface area contributed by atoms with E-state index in [1.807, 2.05) is 63.4 Å². The normalized spacial score (nSPS) is 11.4. The lowest BCUT2D eigenvalue weighted by Crippen LogP contribution is -2.12. The number of benzene rings is 3. The molecular weight excluding hydrogens is 445 g/mol. The van der Waals surface area contributed by atoms with Crippen LogP contribution >= 0.6 is 0 Å². The number of hydrogen-bond acceptors (Lipinski definition) is 3. The molecule has 7 heteroatoms. The summed E-state index contributed by atoms with van der Waals surface area (Å²) >= 11 is 0. The molecule has 178 valence electrons. The van der Waals surface area contributed by atoms with E-state index in [2.05, 4.69) is 5.10 Å². The molecule has 0 saturated heterocycles. The molecule has 0 atom stereocenters. The number of nitrogens with zero attached hydrogens (tertiary/aromatic N) is 3. The highest BCUT2D eigenvalue weighted by atomic mass is 19.1. The Hall–Kier alpha value is -4.13. The van der Waals surface area contributed by atoms with Crippen LogP contribution in [0.5, 0.6) is 5.75 Å². The maximum absolute atomic E-state index is 14.3. The van der Waals surface area contributed by atoms with Gasteiger partial charge < -0.3 is 14.4 Å². The van der Waals surface area contributed by atoms with Crippen molar-refractivity contribution in [2.45, 2.75) is 26.8 Å². The maximum atomic E-state index is 14.3. The van der Waals surface area contributed by atoms with Gasteiger partial charge in [-0.1, -0.05) is 36.4 Å². The molecule has 0 radical (unpaired) electrons. The molecule has 6 nitrogen and oxygen atoms in total. The fourth-order valence-corrected chi connectivity index (χ4v) is 4.90. The van der Waals surface area contributed by atoms with Gasteiger partial charge in [0, 0.05) is 46.7 Å². The van der Waals surface area contributed by atoms with Crippen LogP contribution in [-0.4, -0.2) is 32.0 Å². The molecule has 0 unspecified atom stereocenters. The maximum Gasteiger partial charge on any atom is 0.353 e. The van der Waals surface area contributed by atoms with Gasteiger partial charge in [0.1, 0.15) is 17.3 Å². The first-order valence-corrected chi connectivity index (χ1v) is 11.5. The second-order valence-electron chi connectivity index (χ2n) is 8.69. The van der Waals surface area contributed by atoms with Crippen molar-refractivity contribution in [1.82, 2.24) is 14.3 Å². The van der Waals surface area contributed by atoms with E-state index in [-0.39, 0.29) is 5.69 Å². The van der Waals surface area contributed by atoms with Gasteiger partial charge in [0.2, 0.25) is 0 Å². The largest absolute Gasteiger partial charge is 0.493 e. The van der Waals surface area contributed by atoms with Gasteiger partial charge in [-0.05, 0) is 49.9 Å². The van der Waals surface area contributed by atoms with Crippen LogP contribution < -0.4 is 4.74 Å². The van der Waals surface area contributed by atoms with Gasteiger partial charge in [-0.25, -0.2) is 9.18 Å². The van der Waals surface area contributed by atoms with E-state index in [1.165, 1.54) is 12.1 Å². The summed E-state index contributed by atoms with van der Waals surface area (Å²) in [7, 11) is 1.82. The zero-order chi connectivity index (χ0) is 24.7. The van der Waals surface area contributed by atoms with Crippen LogP contribution in [0.3, 0.4) is 0 Å². The van der Waals surface area contributed by atoms with Gasteiger partial charge in [-0.15, -0.1) is 0 Å². The van der Waals surface area contributed by atoms with Crippen molar-refractivity contribution in [3.8, 4) is 16.9 Å². The van der Waals surface area contributed by atoms with Gasteiger partial charge in [-0.2, -0.15) is 5.10 Å². The molecule has 5 aromatic rings. The number of aromatic nitrogens is 3. The second-order valence-corrected chi connectivity index (χ2v) is 8.69. The summed E-state index contributed by atoms with van der Waals surface area (Å²) in [6.07, 6.45) is 0.578. The smallest absolute Gasteiger partial charge is 0.353 e.